The van der Waals surface area contributed by atoms with Crippen LogP contribution in [0.25, 0.3) is 0 Å². The molecule has 0 saturated carbocycles. The van der Waals surface area contributed by atoms with Gasteiger partial charge < -0.3 is 15.1 Å². The van der Waals surface area contributed by atoms with Gasteiger partial charge in [-0.05, 0) is 29.8 Å². The van der Waals surface area contributed by atoms with Crippen LogP contribution in [-0.4, -0.2) is 46.5 Å². The Balaban J connectivity index is 1.32. The summed E-state index contributed by atoms with van der Waals surface area (Å²) in [6.07, 6.45) is 0.663. The molecule has 0 bridgehead atoms. The zero-order chi connectivity index (χ0) is 21.1. The number of benzene rings is 2. The van der Waals surface area contributed by atoms with Crippen LogP contribution in [0.1, 0.15) is 11.4 Å². The number of rotatable bonds is 4. The summed E-state index contributed by atoms with van der Waals surface area (Å²) in [5, 5.41) is 5.16. The van der Waals surface area contributed by atoms with Crippen molar-refractivity contribution in [2.24, 2.45) is 0 Å². The quantitative estimate of drug-likeness (QED) is 0.538. The third-order valence-corrected chi connectivity index (χ3v) is 6.65. The van der Waals surface area contributed by atoms with Crippen molar-refractivity contribution >= 4 is 63.2 Å². The Bertz CT molecular complexity index is 1040. The fourth-order valence-electron chi connectivity index (χ4n) is 3.13. The minimum Gasteiger partial charge on any atom is -0.343 e. The number of carbonyl (C=O) groups is 1. The lowest BCUT2D eigenvalue weighted by molar-refractivity contribution is 0.208. The molecule has 30 heavy (non-hydrogen) atoms. The summed E-state index contributed by atoms with van der Waals surface area (Å²) in [5.74, 6) is 0.785. The first-order chi connectivity index (χ1) is 14.5. The molecule has 1 aromatic heterocycles. The molecular formula is C20H18Cl3N5OS. The molecule has 2 aromatic carbocycles. The molecule has 3 aromatic rings. The second kappa shape index (κ2) is 9.39. The van der Waals surface area contributed by atoms with E-state index in [1.165, 1.54) is 11.5 Å². The molecule has 2 amide bonds. The maximum Gasteiger partial charge on any atom is 0.322 e. The molecule has 6 nitrogen and oxygen atoms in total. The smallest absolute Gasteiger partial charge is 0.322 e. The average Bonchev–Trinajstić information content (AvgIpc) is 3.22. The second-order valence-electron chi connectivity index (χ2n) is 6.80. The van der Waals surface area contributed by atoms with Gasteiger partial charge in [-0.1, -0.05) is 53.0 Å². The summed E-state index contributed by atoms with van der Waals surface area (Å²) in [5.41, 5.74) is 1.62. The van der Waals surface area contributed by atoms with Gasteiger partial charge in [-0.15, -0.1) is 0 Å². The fourth-order valence-corrected chi connectivity index (χ4v) is 4.34. The zero-order valence-electron chi connectivity index (χ0n) is 15.8. The Kier molecular flexibility index (Phi) is 6.63. The van der Waals surface area contributed by atoms with Crippen molar-refractivity contribution in [1.29, 1.82) is 0 Å². The van der Waals surface area contributed by atoms with Crippen LogP contribution in [0.15, 0.2) is 42.5 Å². The molecule has 0 atom stereocenters. The number of hydrogen-bond donors (Lipinski definition) is 1. The minimum absolute atomic E-state index is 0.195. The number of aromatic nitrogens is 2. The predicted molar refractivity (Wildman–Crippen MR) is 123 cm³/mol. The Hall–Kier alpha value is -2.06. The van der Waals surface area contributed by atoms with Gasteiger partial charge in [-0.25, -0.2) is 9.78 Å². The highest BCUT2D eigenvalue weighted by molar-refractivity contribution is 7.09. The van der Waals surface area contributed by atoms with Crippen molar-refractivity contribution in [2.75, 3.05) is 36.4 Å². The van der Waals surface area contributed by atoms with E-state index in [9.17, 15) is 4.79 Å². The van der Waals surface area contributed by atoms with Crippen LogP contribution < -0.4 is 10.2 Å². The molecule has 1 aliphatic rings. The van der Waals surface area contributed by atoms with E-state index in [1.54, 1.807) is 23.1 Å². The van der Waals surface area contributed by atoms with Gasteiger partial charge in [0.05, 0.1) is 15.7 Å². The van der Waals surface area contributed by atoms with E-state index in [-0.39, 0.29) is 6.03 Å². The Morgan fingerprint density at radius 3 is 2.50 bits per heavy atom. The van der Waals surface area contributed by atoms with Crippen LogP contribution in [0.4, 0.5) is 15.6 Å². The normalized spacial score (nSPS) is 14.1. The Morgan fingerprint density at radius 2 is 1.77 bits per heavy atom. The van der Waals surface area contributed by atoms with Crippen LogP contribution in [0.5, 0.6) is 0 Å². The van der Waals surface area contributed by atoms with E-state index in [0.717, 1.165) is 16.5 Å². The summed E-state index contributed by atoms with van der Waals surface area (Å²) in [6.45, 7) is 2.53. The lowest BCUT2D eigenvalue weighted by atomic mass is 10.1. The summed E-state index contributed by atoms with van der Waals surface area (Å²) in [7, 11) is 0. The number of anilines is 2. The number of urea groups is 1. The van der Waals surface area contributed by atoms with Crippen LogP contribution in [0, 0.1) is 0 Å². The molecule has 1 saturated heterocycles. The maximum absolute atomic E-state index is 12.6. The summed E-state index contributed by atoms with van der Waals surface area (Å²) >= 11 is 19.5. The number of nitrogens with zero attached hydrogens (tertiary/aromatic N) is 4. The molecule has 0 spiro atoms. The van der Waals surface area contributed by atoms with Crippen molar-refractivity contribution in [1.82, 2.24) is 14.3 Å². The molecule has 1 N–H and O–H groups in total. The van der Waals surface area contributed by atoms with E-state index in [2.05, 4.69) is 19.6 Å². The molecular weight excluding hydrogens is 465 g/mol. The van der Waals surface area contributed by atoms with Crippen molar-refractivity contribution in [2.45, 2.75) is 6.42 Å². The molecule has 0 unspecified atom stereocenters. The van der Waals surface area contributed by atoms with E-state index in [1.807, 2.05) is 24.3 Å². The summed E-state index contributed by atoms with van der Waals surface area (Å²) in [4.78, 5) is 21.1. The van der Waals surface area contributed by atoms with E-state index < -0.39 is 0 Å². The Labute approximate surface area is 193 Å². The van der Waals surface area contributed by atoms with Gasteiger partial charge in [0.25, 0.3) is 0 Å². The first kappa shape index (κ1) is 21.2. The van der Waals surface area contributed by atoms with E-state index >= 15 is 0 Å². The zero-order valence-corrected chi connectivity index (χ0v) is 18.9. The van der Waals surface area contributed by atoms with Crippen LogP contribution in [0.3, 0.4) is 0 Å². The number of carbonyl (C=O) groups excluding carboxylic acids is 1. The van der Waals surface area contributed by atoms with Gasteiger partial charge in [0.15, 0.2) is 0 Å². The number of halogens is 3. The van der Waals surface area contributed by atoms with Gasteiger partial charge in [-0.2, -0.15) is 4.37 Å². The van der Waals surface area contributed by atoms with Crippen molar-refractivity contribution < 1.29 is 4.79 Å². The molecule has 2 heterocycles. The number of nitrogens with one attached hydrogen (secondary N) is 1. The molecule has 0 aliphatic carbocycles. The van der Waals surface area contributed by atoms with Crippen LogP contribution >= 0.6 is 46.3 Å². The highest BCUT2D eigenvalue weighted by Crippen LogP contribution is 2.30. The molecule has 156 valence electrons. The van der Waals surface area contributed by atoms with Crippen molar-refractivity contribution in [3.8, 4) is 0 Å². The van der Waals surface area contributed by atoms with Gasteiger partial charge >= 0.3 is 6.03 Å². The lowest BCUT2D eigenvalue weighted by Crippen LogP contribution is -2.50. The molecule has 1 aliphatic heterocycles. The third kappa shape index (κ3) is 4.98. The topological polar surface area (TPSA) is 61.4 Å². The van der Waals surface area contributed by atoms with E-state index in [0.29, 0.717) is 53.4 Å². The molecule has 1 fully saturated rings. The van der Waals surface area contributed by atoms with Crippen LogP contribution in [-0.2, 0) is 6.42 Å². The first-order valence-electron chi connectivity index (χ1n) is 9.31. The van der Waals surface area contributed by atoms with Gasteiger partial charge in [0.2, 0.25) is 5.13 Å². The fraction of sp³-hybridized carbons (Fsp3) is 0.250. The van der Waals surface area contributed by atoms with Crippen LogP contribution in [0.2, 0.25) is 15.1 Å². The number of hydrogen-bond acceptors (Lipinski definition) is 5. The number of piperazine rings is 1. The van der Waals surface area contributed by atoms with Gasteiger partial charge in [0, 0.05) is 49.2 Å². The molecule has 0 radical (unpaired) electrons. The highest BCUT2D eigenvalue weighted by atomic mass is 35.5. The monoisotopic (exact) mass is 481 g/mol. The molecule has 10 heteroatoms. The largest absolute Gasteiger partial charge is 0.343 e. The standard InChI is InChI=1S/C20H18Cl3N5OS/c21-14-6-4-13(5-7-14)12-17-25-20(30-26-17)28-10-8-27(9-11-28)19(29)24-16-3-1-2-15(22)18(16)23/h1-7H,8-12H2,(H,24,29). The van der Waals surface area contributed by atoms with Crippen molar-refractivity contribution in [3.05, 3.63) is 68.9 Å². The average molecular weight is 483 g/mol. The minimum atomic E-state index is -0.195. The Morgan fingerprint density at radius 1 is 1.03 bits per heavy atom. The SMILES string of the molecule is O=C(Nc1cccc(Cl)c1Cl)N1CCN(c2nc(Cc3ccc(Cl)cc3)ns2)CC1. The summed E-state index contributed by atoms with van der Waals surface area (Å²) < 4.78 is 4.47. The van der Waals surface area contributed by atoms with Crippen molar-refractivity contribution in [3.63, 3.8) is 0 Å². The summed E-state index contributed by atoms with van der Waals surface area (Å²) in [6, 6.07) is 12.7. The maximum atomic E-state index is 12.6. The molecule has 4 rings (SSSR count). The highest BCUT2D eigenvalue weighted by Gasteiger charge is 2.24. The van der Waals surface area contributed by atoms with Gasteiger partial charge in [0.1, 0.15) is 5.82 Å². The first-order valence-corrected chi connectivity index (χ1v) is 11.2. The second-order valence-corrected chi connectivity index (χ2v) is 8.75. The lowest BCUT2D eigenvalue weighted by Gasteiger charge is -2.34. The third-order valence-electron chi connectivity index (χ3n) is 4.76. The van der Waals surface area contributed by atoms with Gasteiger partial charge in [-0.3, -0.25) is 0 Å². The van der Waals surface area contributed by atoms with E-state index in [4.69, 9.17) is 34.8 Å². The predicted octanol–water partition coefficient (Wildman–Crippen LogP) is 5.44. The number of amides is 2.